The van der Waals surface area contributed by atoms with Crippen molar-refractivity contribution in [1.82, 2.24) is 0 Å². The van der Waals surface area contributed by atoms with Crippen LogP contribution >= 0.6 is 0 Å². The maximum absolute atomic E-state index is 2.38. The molecule has 0 saturated heterocycles. The molecular formula is C54H37N. The summed E-state index contributed by atoms with van der Waals surface area (Å²) < 4.78 is 0. The Morgan fingerprint density at radius 1 is 0.218 bits per heavy atom. The monoisotopic (exact) mass is 699 g/mol. The molecule has 0 spiro atoms. The highest BCUT2D eigenvalue weighted by Gasteiger charge is 2.19. The first-order valence-electron chi connectivity index (χ1n) is 18.9. The molecule has 0 amide bonds. The normalized spacial score (nSPS) is 11.3. The van der Waals surface area contributed by atoms with Crippen LogP contribution in [-0.4, -0.2) is 0 Å². The average molecular weight is 700 g/mol. The first-order valence-corrected chi connectivity index (χ1v) is 18.9. The van der Waals surface area contributed by atoms with Gasteiger partial charge >= 0.3 is 0 Å². The molecule has 0 atom stereocenters. The zero-order valence-corrected chi connectivity index (χ0v) is 30.3. The zero-order valence-electron chi connectivity index (χ0n) is 30.3. The fourth-order valence-corrected chi connectivity index (χ4v) is 8.14. The average Bonchev–Trinajstić information content (AvgIpc) is 3.28. The van der Waals surface area contributed by atoms with Crippen LogP contribution in [0.25, 0.3) is 76.8 Å². The maximum Gasteiger partial charge on any atom is 0.0540 e. The summed E-state index contributed by atoms with van der Waals surface area (Å²) in [5.74, 6) is 0. The molecule has 0 fully saturated rings. The molecule has 0 unspecified atom stereocenters. The van der Waals surface area contributed by atoms with Crippen LogP contribution in [0.2, 0.25) is 0 Å². The van der Waals surface area contributed by atoms with E-state index in [-0.39, 0.29) is 0 Å². The van der Waals surface area contributed by atoms with Gasteiger partial charge in [-0.25, -0.2) is 0 Å². The first-order chi connectivity index (χ1) is 27.3. The van der Waals surface area contributed by atoms with E-state index in [4.69, 9.17) is 0 Å². The summed E-state index contributed by atoms with van der Waals surface area (Å²) in [6.45, 7) is 0. The molecule has 0 aliphatic heterocycles. The van der Waals surface area contributed by atoms with E-state index >= 15 is 0 Å². The molecule has 0 bridgehead atoms. The molecule has 10 rings (SSSR count). The molecule has 0 aliphatic rings. The van der Waals surface area contributed by atoms with E-state index in [1.165, 1.54) is 76.8 Å². The Morgan fingerprint density at radius 3 is 1.16 bits per heavy atom. The van der Waals surface area contributed by atoms with E-state index in [1.807, 2.05) is 0 Å². The van der Waals surface area contributed by atoms with Gasteiger partial charge in [0, 0.05) is 16.9 Å². The SMILES string of the molecule is c1ccc(-c2ccc(-c3ccc(N(c4ccccc4)c4ccc(-c5ccc6c7ccccc7c7ccccc7c6c5)cc4)c(-c4ccccc4)c3)cc2)cc1. The van der Waals surface area contributed by atoms with Gasteiger partial charge < -0.3 is 4.90 Å². The molecule has 0 N–H and O–H groups in total. The molecule has 10 aromatic carbocycles. The second-order valence-corrected chi connectivity index (χ2v) is 14.1. The zero-order chi connectivity index (χ0) is 36.6. The largest absolute Gasteiger partial charge is 0.310 e. The van der Waals surface area contributed by atoms with Crippen LogP contribution in [0, 0.1) is 0 Å². The first kappa shape index (κ1) is 32.4. The smallest absolute Gasteiger partial charge is 0.0540 e. The van der Waals surface area contributed by atoms with Crippen molar-refractivity contribution < 1.29 is 0 Å². The number of rotatable bonds is 7. The number of benzene rings is 10. The van der Waals surface area contributed by atoms with Crippen molar-refractivity contribution in [3.05, 3.63) is 224 Å². The number of hydrogen-bond acceptors (Lipinski definition) is 1. The minimum atomic E-state index is 1.10. The molecule has 0 aromatic heterocycles. The van der Waals surface area contributed by atoms with Crippen molar-refractivity contribution in [2.24, 2.45) is 0 Å². The summed E-state index contributed by atoms with van der Waals surface area (Å²) in [7, 11) is 0. The third-order valence-corrected chi connectivity index (χ3v) is 10.9. The highest BCUT2D eigenvalue weighted by molar-refractivity contribution is 6.25. The Hall–Kier alpha value is -7.22. The summed E-state index contributed by atoms with van der Waals surface area (Å²) in [6.07, 6.45) is 0. The van der Waals surface area contributed by atoms with E-state index in [0.29, 0.717) is 0 Å². The Morgan fingerprint density at radius 2 is 0.582 bits per heavy atom. The van der Waals surface area contributed by atoms with Crippen LogP contribution in [0.5, 0.6) is 0 Å². The second-order valence-electron chi connectivity index (χ2n) is 14.1. The van der Waals surface area contributed by atoms with Crippen LogP contribution in [0.3, 0.4) is 0 Å². The van der Waals surface area contributed by atoms with Crippen LogP contribution < -0.4 is 4.90 Å². The standard InChI is InChI=1S/C54H37N/c1-4-14-38(15-5-1)39-24-26-40(27-25-39)44-31-35-54(52(36-44)42-16-6-2-7-17-42)55(45-18-8-3-9-19-45)46-32-28-41(29-33-46)43-30-34-51-49-22-11-10-20-47(49)48-21-12-13-23-50(48)53(51)37-43/h1-37H. The summed E-state index contributed by atoms with van der Waals surface area (Å²) in [6, 6.07) is 81.3. The molecule has 55 heavy (non-hydrogen) atoms. The molecule has 0 aliphatic carbocycles. The van der Waals surface area contributed by atoms with E-state index in [1.54, 1.807) is 0 Å². The number of hydrogen-bond donors (Lipinski definition) is 0. The van der Waals surface area contributed by atoms with Gasteiger partial charge in [-0.3, -0.25) is 0 Å². The molecule has 0 heterocycles. The Balaban J connectivity index is 1.07. The summed E-state index contributed by atoms with van der Waals surface area (Å²) in [5, 5.41) is 7.74. The lowest BCUT2D eigenvalue weighted by atomic mass is 9.92. The second kappa shape index (κ2) is 14.0. The predicted molar refractivity (Wildman–Crippen MR) is 235 cm³/mol. The van der Waals surface area contributed by atoms with Crippen molar-refractivity contribution >= 4 is 49.4 Å². The summed E-state index contributed by atoms with van der Waals surface area (Å²) >= 11 is 0. The highest BCUT2D eigenvalue weighted by atomic mass is 15.1. The molecule has 258 valence electrons. The predicted octanol–water partition coefficient (Wildman–Crippen LogP) is 15.3. The fourth-order valence-electron chi connectivity index (χ4n) is 8.14. The lowest BCUT2D eigenvalue weighted by molar-refractivity contribution is 1.28. The van der Waals surface area contributed by atoms with Crippen LogP contribution in [-0.2, 0) is 0 Å². The van der Waals surface area contributed by atoms with Crippen LogP contribution in [0.15, 0.2) is 224 Å². The lowest BCUT2D eigenvalue weighted by Crippen LogP contribution is -2.11. The van der Waals surface area contributed by atoms with Crippen LogP contribution in [0.1, 0.15) is 0 Å². The molecule has 0 radical (unpaired) electrons. The van der Waals surface area contributed by atoms with Gasteiger partial charge in [-0.05, 0) is 114 Å². The number of fused-ring (bicyclic) bond motifs is 6. The Bertz CT molecular complexity index is 2900. The van der Waals surface area contributed by atoms with Crippen molar-refractivity contribution in [3.8, 4) is 44.5 Å². The number of anilines is 3. The van der Waals surface area contributed by atoms with E-state index < -0.39 is 0 Å². The molecule has 1 nitrogen and oxygen atoms in total. The quantitative estimate of drug-likeness (QED) is 0.150. The molecule has 10 aromatic rings. The van der Waals surface area contributed by atoms with Crippen LogP contribution in [0.4, 0.5) is 17.1 Å². The van der Waals surface area contributed by atoms with E-state index in [0.717, 1.165) is 17.1 Å². The summed E-state index contributed by atoms with van der Waals surface area (Å²) in [5.41, 5.74) is 12.9. The fraction of sp³-hybridized carbons (Fsp3) is 0. The van der Waals surface area contributed by atoms with Gasteiger partial charge in [-0.2, -0.15) is 0 Å². The van der Waals surface area contributed by atoms with Crippen molar-refractivity contribution in [3.63, 3.8) is 0 Å². The molecular weight excluding hydrogens is 663 g/mol. The third kappa shape index (κ3) is 6.02. The number of nitrogens with zero attached hydrogens (tertiary/aromatic N) is 1. The Kier molecular flexibility index (Phi) is 8.24. The summed E-state index contributed by atoms with van der Waals surface area (Å²) in [4.78, 5) is 2.38. The van der Waals surface area contributed by atoms with Gasteiger partial charge in [-0.15, -0.1) is 0 Å². The number of para-hydroxylation sites is 1. The lowest BCUT2D eigenvalue weighted by Gasteiger charge is -2.28. The van der Waals surface area contributed by atoms with Crippen molar-refractivity contribution in [1.29, 1.82) is 0 Å². The van der Waals surface area contributed by atoms with E-state index in [9.17, 15) is 0 Å². The van der Waals surface area contributed by atoms with Gasteiger partial charge in [-0.1, -0.05) is 182 Å². The van der Waals surface area contributed by atoms with Gasteiger partial charge in [0.05, 0.1) is 5.69 Å². The highest BCUT2D eigenvalue weighted by Crippen LogP contribution is 2.44. The molecule has 1 heteroatoms. The van der Waals surface area contributed by atoms with E-state index in [2.05, 4.69) is 229 Å². The third-order valence-electron chi connectivity index (χ3n) is 10.9. The minimum absolute atomic E-state index is 1.10. The topological polar surface area (TPSA) is 3.24 Å². The van der Waals surface area contributed by atoms with Gasteiger partial charge in [0.1, 0.15) is 0 Å². The minimum Gasteiger partial charge on any atom is -0.310 e. The van der Waals surface area contributed by atoms with Crippen molar-refractivity contribution in [2.75, 3.05) is 4.90 Å². The van der Waals surface area contributed by atoms with Gasteiger partial charge in [0.2, 0.25) is 0 Å². The maximum atomic E-state index is 2.38. The van der Waals surface area contributed by atoms with Gasteiger partial charge in [0.25, 0.3) is 0 Å². The Labute approximate surface area is 322 Å². The van der Waals surface area contributed by atoms with Gasteiger partial charge in [0.15, 0.2) is 0 Å². The molecule has 0 saturated carbocycles. The van der Waals surface area contributed by atoms with Crippen molar-refractivity contribution in [2.45, 2.75) is 0 Å².